The van der Waals surface area contributed by atoms with Crippen LogP contribution in [0.1, 0.15) is 82.6 Å². The van der Waals surface area contributed by atoms with Crippen LogP contribution in [0.15, 0.2) is 36.4 Å². The summed E-state index contributed by atoms with van der Waals surface area (Å²) >= 11 is 0. The number of ether oxygens (including phenoxy) is 1. The highest BCUT2D eigenvalue weighted by Gasteiger charge is 2.27. The number of hydrogen-bond acceptors (Lipinski definition) is 13. The molecule has 0 unspecified atom stereocenters. The number of piperidine rings is 2. The van der Waals surface area contributed by atoms with Gasteiger partial charge < -0.3 is 24.8 Å². The molecular formula is C41H68N8O6S2. The summed E-state index contributed by atoms with van der Waals surface area (Å²) in [5, 5.41) is 3.43. The minimum Gasteiger partial charge on any atom is -0.444 e. The lowest BCUT2D eigenvalue weighted by atomic mass is 9.97. The van der Waals surface area contributed by atoms with Gasteiger partial charge in [-0.25, -0.2) is 4.79 Å². The lowest BCUT2D eigenvalue weighted by Gasteiger charge is -2.36. The smallest absolute Gasteiger partial charge is 0.410 e. The van der Waals surface area contributed by atoms with E-state index in [0.29, 0.717) is 0 Å². The van der Waals surface area contributed by atoms with Crippen LogP contribution in [0.2, 0.25) is 0 Å². The van der Waals surface area contributed by atoms with Crippen molar-refractivity contribution in [1.82, 2.24) is 20.0 Å². The van der Waals surface area contributed by atoms with E-state index in [-0.39, 0.29) is 6.09 Å². The molecule has 2 aromatic rings. The van der Waals surface area contributed by atoms with Gasteiger partial charge in [0, 0.05) is 103 Å². The first-order chi connectivity index (χ1) is 26.9. The molecule has 0 radical (unpaired) electrons. The van der Waals surface area contributed by atoms with Crippen LogP contribution in [-0.2, 0) is 38.8 Å². The van der Waals surface area contributed by atoms with Gasteiger partial charge in [0.05, 0.1) is 0 Å². The third-order valence-corrected chi connectivity index (χ3v) is 11.1. The van der Waals surface area contributed by atoms with Crippen LogP contribution < -0.4 is 15.1 Å². The summed E-state index contributed by atoms with van der Waals surface area (Å²) in [6.45, 7) is 29.7. The second-order valence-corrected chi connectivity index (χ2v) is 17.6. The molecule has 320 valence electrons. The molecule has 2 aromatic carbocycles. The van der Waals surface area contributed by atoms with Crippen LogP contribution in [0.5, 0.6) is 0 Å². The van der Waals surface area contributed by atoms with Gasteiger partial charge in [0.25, 0.3) is 0 Å². The van der Waals surface area contributed by atoms with E-state index in [9.17, 15) is 4.79 Å². The predicted octanol–water partition coefficient (Wildman–Crippen LogP) is 6.18. The topological polar surface area (TPSA) is 171 Å². The fourth-order valence-electron chi connectivity index (χ4n) is 7.63. The Bertz CT molecular complexity index is 1730. The van der Waals surface area contributed by atoms with Crippen molar-refractivity contribution in [3.63, 3.8) is 0 Å². The summed E-state index contributed by atoms with van der Waals surface area (Å²) in [5.41, 5.74) is 8.25. The van der Waals surface area contributed by atoms with E-state index >= 15 is 0 Å². The highest BCUT2D eigenvalue weighted by atomic mass is 32.2. The number of anilines is 2. The van der Waals surface area contributed by atoms with Gasteiger partial charge in [-0.05, 0) is 107 Å². The first kappa shape index (κ1) is 47.8. The van der Waals surface area contributed by atoms with Crippen LogP contribution in [0, 0.1) is 35.2 Å². The largest absolute Gasteiger partial charge is 0.444 e. The average Bonchev–Trinajstić information content (AvgIpc) is 3.14. The second kappa shape index (κ2) is 23.7. The summed E-state index contributed by atoms with van der Waals surface area (Å²) in [4.78, 5) is 24.3. The summed E-state index contributed by atoms with van der Waals surface area (Å²) in [6.07, 6.45) is 5.06. The van der Waals surface area contributed by atoms with E-state index < -0.39 is 26.6 Å². The van der Waals surface area contributed by atoms with Gasteiger partial charge in [0.1, 0.15) is 5.60 Å². The Kier molecular flexibility index (Phi) is 19.9. The van der Waals surface area contributed by atoms with Crippen LogP contribution in [0.3, 0.4) is 0 Å². The van der Waals surface area contributed by atoms with Gasteiger partial charge in [-0.15, -0.1) is 0 Å². The van der Waals surface area contributed by atoms with Crippen molar-refractivity contribution in [2.24, 2.45) is 11.8 Å². The summed E-state index contributed by atoms with van der Waals surface area (Å²) < 4.78 is 51.2. The van der Waals surface area contributed by atoms with E-state index in [1.165, 1.54) is 98.6 Å². The number of rotatable bonds is 6. The molecule has 0 spiro atoms. The fourth-order valence-corrected chi connectivity index (χ4v) is 7.63. The summed E-state index contributed by atoms with van der Waals surface area (Å²) in [7, 11) is -5.22. The third-order valence-electron chi connectivity index (χ3n) is 11.1. The molecule has 0 aromatic heterocycles. The normalized spacial score (nSPS) is 18.5. The highest BCUT2D eigenvalue weighted by Crippen LogP contribution is 2.30. The van der Waals surface area contributed by atoms with Crippen molar-refractivity contribution >= 4 is 38.5 Å². The molecule has 0 bridgehead atoms. The number of carbonyl (C=O) groups is 1. The molecule has 16 heteroatoms. The Labute approximate surface area is 344 Å². The molecule has 4 fully saturated rings. The first-order valence-electron chi connectivity index (χ1n) is 20.3. The predicted molar refractivity (Wildman–Crippen MR) is 228 cm³/mol. The zero-order chi connectivity index (χ0) is 42.1. The minimum absolute atomic E-state index is 0.190. The van der Waals surface area contributed by atoms with Gasteiger partial charge in [-0.2, -0.15) is 26.4 Å². The molecule has 4 aliphatic heterocycles. The molecule has 14 nitrogen and oxygen atoms in total. The Balaban J connectivity index is 0.000000264. The molecule has 3 N–H and O–H groups in total. The van der Waals surface area contributed by atoms with Crippen LogP contribution >= 0.6 is 0 Å². The van der Waals surface area contributed by atoms with Crippen LogP contribution in [0.4, 0.5) is 16.2 Å². The number of carbonyl (C=O) groups excluding carboxylic acids is 1. The Morgan fingerprint density at radius 3 is 1.40 bits per heavy atom. The van der Waals surface area contributed by atoms with Crippen molar-refractivity contribution in [2.75, 3.05) is 88.3 Å². The van der Waals surface area contributed by atoms with Gasteiger partial charge in [-0.3, -0.25) is 9.80 Å². The Hall–Kier alpha value is -3.57. The maximum absolute atomic E-state index is 12.3. The van der Waals surface area contributed by atoms with Gasteiger partial charge >= 0.3 is 27.1 Å². The zero-order valence-electron chi connectivity index (χ0n) is 35.3. The summed E-state index contributed by atoms with van der Waals surface area (Å²) in [6, 6.07) is 13.6. The van der Waals surface area contributed by atoms with Crippen molar-refractivity contribution in [3.8, 4) is 0 Å². The van der Waals surface area contributed by atoms with E-state index in [1.807, 2.05) is 25.7 Å². The molecule has 4 aliphatic rings. The Morgan fingerprint density at radius 2 is 1.04 bits per heavy atom. The molecule has 0 saturated carbocycles. The zero-order valence-corrected chi connectivity index (χ0v) is 37.0. The highest BCUT2D eigenvalue weighted by molar-refractivity contribution is 7.60. The van der Waals surface area contributed by atoms with E-state index in [2.05, 4.69) is 89.0 Å². The number of nitrogens with zero attached hydrogens (tertiary/aromatic N) is 5. The fraction of sp³-hybridized carbons (Fsp3) is 0.683. The van der Waals surface area contributed by atoms with Gasteiger partial charge in [-0.1, -0.05) is 38.1 Å². The molecule has 57 heavy (non-hydrogen) atoms. The maximum Gasteiger partial charge on any atom is 0.410 e. The summed E-state index contributed by atoms with van der Waals surface area (Å²) in [5.74, 6) is 1.74. The molecule has 6 rings (SSSR count). The van der Waals surface area contributed by atoms with Crippen molar-refractivity contribution in [1.29, 1.82) is 9.56 Å². The first-order valence-corrected chi connectivity index (χ1v) is 22.5. The monoisotopic (exact) mass is 832 g/mol. The quantitative estimate of drug-likeness (QED) is 0.304. The Morgan fingerprint density at radius 1 is 0.667 bits per heavy atom. The molecule has 0 atom stereocenters. The van der Waals surface area contributed by atoms with Crippen molar-refractivity contribution in [2.45, 2.75) is 92.8 Å². The number of amides is 1. The number of piperazine rings is 2. The van der Waals surface area contributed by atoms with Crippen molar-refractivity contribution < 1.29 is 26.4 Å². The lowest BCUT2D eigenvalue weighted by Crippen LogP contribution is -2.49. The van der Waals surface area contributed by atoms with Crippen LogP contribution in [0.25, 0.3) is 0 Å². The van der Waals surface area contributed by atoms with E-state index in [0.717, 1.165) is 64.2 Å². The molecular weight excluding hydrogens is 765 g/mol. The van der Waals surface area contributed by atoms with Gasteiger partial charge in [0.15, 0.2) is 0 Å². The lowest BCUT2D eigenvalue weighted by molar-refractivity contribution is 0.0139. The second-order valence-electron chi connectivity index (χ2n) is 16.7. The number of nitrogens with one attached hydrogen (secondary N) is 3. The molecule has 4 saturated heterocycles. The standard InChI is InChI=1S/C23H37N3O2.C18H29N3.2HNO2S/c1-18-9-11-25(12-10-18)21-8-6-7-20(19(21)2)17-24-13-15-26(16-14-24)22(27)28-23(3,4)5;1-15-6-10-21(11-7-15)18-5-3-4-17(16(18)2)14-20-12-8-19-9-13-20;2*1-4(2)3/h6-8,18H,9-17H2,1-5H3;3-5,15,19H,6-14H2,1-2H3;2*1H. The molecule has 0 aliphatic carbocycles. The molecule has 1 amide bonds. The average molecular weight is 833 g/mol. The number of benzene rings is 2. The third kappa shape index (κ3) is 17.4. The minimum atomic E-state index is -2.61. The van der Waals surface area contributed by atoms with Crippen molar-refractivity contribution in [3.05, 3.63) is 58.7 Å². The van der Waals surface area contributed by atoms with Crippen LogP contribution in [-0.4, -0.2) is 122 Å². The SMILES string of the molecule is Cc1c(CN2CCN(C(=O)OC(C)(C)C)CC2)cccc1N1CCC(C)CC1.Cc1c(CN2CCNCC2)cccc1N1CCC(C)CC1.N=S(=O)=O.N=S(=O)=O. The maximum atomic E-state index is 12.3. The van der Waals surface area contributed by atoms with Gasteiger partial charge in [0.2, 0.25) is 0 Å². The molecule has 4 heterocycles. The van der Waals surface area contributed by atoms with E-state index in [4.69, 9.17) is 31.1 Å². The van der Waals surface area contributed by atoms with E-state index in [1.54, 1.807) is 0 Å². The number of hydrogen-bond donors (Lipinski definition) is 3.